The summed E-state index contributed by atoms with van der Waals surface area (Å²) < 4.78 is 0. The number of thiazole rings is 1. The van der Waals surface area contributed by atoms with Crippen molar-refractivity contribution in [1.29, 1.82) is 0 Å². The van der Waals surface area contributed by atoms with Crippen molar-refractivity contribution in [3.05, 3.63) is 16.6 Å². The van der Waals surface area contributed by atoms with E-state index in [1.165, 1.54) is 0 Å². The number of rotatable bonds is 4. The van der Waals surface area contributed by atoms with Gasteiger partial charge >= 0.3 is 0 Å². The number of guanidine groups is 1. The standard InChI is InChI=1S/C9H17N5S/c1-3-4-12-9(14-10)13-7(2)8-11-5-6-15-8/h5-7H,3-4,10H2,1-2H3,(H2,12,13,14). The first-order valence-corrected chi connectivity index (χ1v) is 5.82. The molecule has 15 heavy (non-hydrogen) atoms. The molecule has 5 nitrogen and oxygen atoms in total. The maximum Gasteiger partial charge on any atom is 0.206 e. The summed E-state index contributed by atoms with van der Waals surface area (Å²) in [6.07, 6.45) is 2.79. The second kappa shape index (κ2) is 6.36. The predicted octanol–water partition coefficient (Wildman–Crippen LogP) is 1.02. The van der Waals surface area contributed by atoms with Crippen molar-refractivity contribution < 1.29 is 0 Å². The van der Waals surface area contributed by atoms with E-state index in [4.69, 9.17) is 5.84 Å². The van der Waals surface area contributed by atoms with Gasteiger partial charge in [-0.2, -0.15) is 0 Å². The Morgan fingerprint density at radius 2 is 2.53 bits per heavy atom. The van der Waals surface area contributed by atoms with E-state index in [1.807, 2.05) is 12.3 Å². The number of nitrogens with one attached hydrogen (secondary N) is 2. The fourth-order valence-corrected chi connectivity index (χ4v) is 1.72. The minimum absolute atomic E-state index is 0.122. The van der Waals surface area contributed by atoms with Crippen LogP contribution in [0.3, 0.4) is 0 Å². The molecule has 0 aliphatic rings. The summed E-state index contributed by atoms with van der Waals surface area (Å²) in [6.45, 7) is 4.86. The Hall–Kier alpha value is -1.14. The summed E-state index contributed by atoms with van der Waals surface area (Å²) in [5, 5.41) is 6.14. The van der Waals surface area contributed by atoms with E-state index in [0.29, 0.717) is 5.96 Å². The van der Waals surface area contributed by atoms with E-state index < -0.39 is 0 Å². The molecule has 0 saturated carbocycles. The van der Waals surface area contributed by atoms with E-state index in [1.54, 1.807) is 17.5 Å². The highest BCUT2D eigenvalue weighted by atomic mass is 32.1. The van der Waals surface area contributed by atoms with Gasteiger partial charge in [0.05, 0.1) is 6.04 Å². The Bertz CT molecular complexity index is 295. The first-order valence-electron chi connectivity index (χ1n) is 4.95. The second-order valence-electron chi connectivity index (χ2n) is 3.11. The molecule has 0 fully saturated rings. The Morgan fingerprint density at radius 3 is 3.07 bits per heavy atom. The molecule has 6 heteroatoms. The van der Waals surface area contributed by atoms with Crippen LogP contribution in [0.5, 0.6) is 0 Å². The third-order valence-corrected chi connectivity index (χ3v) is 2.76. The topological polar surface area (TPSA) is 75.3 Å². The highest BCUT2D eigenvalue weighted by molar-refractivity contribution is 7.09. The second-order valence-corrected chi connectivity index (χ2v) is 4.04. The smallest absolute Gasteiger partial charge is 0.206 e. The van der Waals surface area contributed by atoms with Crippen LogP contribution in [0.1, 0.15) is 31.3 Å². The largest absolute Gasteiger partial charge is 0.346 e. The monoisotopic (exact) mass is 227 g/mol. The summed E-state index contributed by atoms with van der Waals surface area (Å²) >= 11 is 1.61. The molecule has 1 atom stereocenters. The molecule has 1 unspecified atom stereocenters. The zero-order chi connectivity index (χ0) is 11.1. The quantitative estimate of drug-likeness (QED) is 0.311. The Labute approximate surface area is 93.8 Å². The third-order valence-electron chi connectivity index (χ3n) is 1.81. The average Bonchev–Trinajstić information content (AvgIpc) is 2.77. The van der Waals surface area contributed by atoms with Crippen LogP contribution in [0.25, 0.3) is 0 Å². The molecule has 0 amide bonds. The molecule has 1 rings (SSSR count). The highest BCUT2D eigenvalue weighted by Crippen LogP contribution is 2.13. The lowest BCUT2D eigenvalue weighted by Gasteiger charge is -2.14. The van der Waals surface area contributed by atoms with Gasteiger partial charge in [-0.15, -0.1) is 11.3 Å². The molecule has 0 spiro atoms. The van der Waals surface area contributed by atoms with Crippen LogP contribution < -0.4 is 16.6 Å². The SMILES string of the molecule is CCCN=C(NN)NC(C)c1nccs1. The van der Waals surface area contributed by atoms with Crippen molar-refractivity contribution in [3.8, 4) is 0 Å². The predicted molar refractivity (Wildman–Crippen MR) is 63.6 cm³/mol. The minimum atomic E-state index is 0.122. The Kier molecular flexibility index (Phi) is 5.06. The minimum Gasteiger partial charge on any atom is -0.346 e. The molecule has 1 aromatic heterocycles. The highest BCUT2D eigenvalue weighted by Gasteiger charge is 2.08. The van der Waals surface area contributed by atoms with Crippen molar-refractivity contribution in [1.82, 2.24) is 15.7 Å². The van der Waals surface area contributed by atoms with Crippen molar-refractivity contribution in [3.63, 3.8) is 0 Å². The molecule has 0 saturated heterocycles. The summed E-state index contributed by atoms with van der Waals surface area (Å²) in [4.78, 5) is 8.47. The van der Waals surface area contributed by atoms with Gasteiger partial charge in [-0.05, 0) is 13.3 Å². The zero-order valence-electron chi connectivity index (χ0n) is 9.03. The number of hydrazine groups is 1. The summed E-state index contributed by atoms with van der Waals surface area (Å²) in [5.74, 6) is 5.97. The lowest BCUT2D eigenvalue weighted by Crippen LogP contribution is -2.42. The van der Waals surface area contributed by atoms with E-state index in [0.717, 1.165) is 18.0 Å². The van der Waals surface area contributed by atoms with Crippen LogP contribution >= 0.6 is 11.3 Å². The van der Waals surface area contributed by atoms with E-state index in [2.05, 4.69) is 27.6 Å². The summed E-state index contributed by atoms with van der Waals surface area (Å²) in [7, 11) is 0. The van der Waals surface area contributed by atoms with E-state index in [-0.39, 0.29) is 6.04 Å². The van der Waals surface area contributed by atoms with Crippen LogP contribution in [0.15, 0.2) is 16.6 Å². The molecule has 1 aromatic rings. The van der Waals surface area contributed by atoms with E-state index in [9.17, 15) is 0 Å². The normalized spacial score (nSPS) is 13.7. The summed E-state index contributed by atoms with van der Waals surface area (Å²) in [6, 6.07) is 0.122. The Balaban J connectivity index is 2.52. The molecule has 0 aliphatic carbocycles. The molecule has 1 heterocycles. The first kappa shape index (κ1) is 11.9. The molecule has 0 bridgehead atoms. The van der Waals surface area contributed by atoms with Gasteiger partial charge in [-0.1, -0.05) is 6.92 Å². The van der Waals surface area contributed by atoms with Gasteiger partial charge in [0.1, 0.15) is 5.01 Å². The maximum absolute atomic E-state index is 5.35. The van der Waals surface area contributed by atoms with Crippen molar-refractivity contribution in [2.75, 3.05) is 6.54 Å². The van der Waals surface area contributed by atoms with E-state index >= 15 is 0 Å². The van der Waals surface area contributed by atoms with Gasteiger partial charge in [0.15, 0.2) is 0 Å². The number of aliphatic imine (C=N–C) groups is 1. The van der Waals surface area contributed by atoms with Crippen molar-refractivity contribution in [2.24, 2.45) is 10.8 Å². The fourth-order valence-electron chi connectivity index (χ4n) is 1.07. The van der Waals surface area contributed by atoms with Crippen LogP contribution in [0.2, 0.25) is 0 Å². The van der Waals surface area contributed by atoms with Crippen LogP contribution in [0.4, 0.5) is 0 Å². The molecule has 0 aliphatic heterocycles. The molecular weight excluding hydrogens is 210 g/mol. The van der Waals surface area contributed by atoms with Gasteiger partial charge in [0.2, 0.25) is 5.96 Å². The van der Waals surface area contributed by atoms with Gasteiger partial charge in [0.25, 0.3) is 0 Å². The average molecular weight is 227 g/mol. The van der Waals surface area contributed by atoms with Crippen molar-refractivity contribution in [2.45, 2.75) is 26.3 Å². The van der Waals surface area contributed by atoms with Gasteiger partial charge in [-0.25, -0.2) is 10.8 Å². The molecule has 0 aromatic carbocycles. The molecule has 0 radical (unpaired) electrons. The Morgan fingerprint density at radius 1 is 1.73 bits per heavy atom. The number of aromatic nitrogens is 1. The summed E-state index contributed by atoms with van der Waals surface area (Å²) in [5.41, 5.74) is 2.55. The molecular formula is C9H17N5S. The van der Waals surface area contributed by atoms with Crippen LogP contribution in [0, 0.1) is 0 Å². The third kappa shape index (κ3) is 3.85. The fraction of sp³-hybridized carbons (Fsp3) is 0.556. The number of hydrogen-bond donors (Lipinski definition) is 3. The number of nitrogens with two attached hydrogens (primary N) is 1. The van der Waals surface area contributed by atoms with Gasteiger partial charge in [0, 0.05) is 18.1 Å². The number of hydrogen-bond acceptors (Lipinski definition) is 4. The lowest BCUT2D eigenvalue weighted by molar-refractivity contribution is 0.681. The van der Waals surface area contributed by atoms with Crippen LogP contribution in [-0.2, 0) is 0 Å². The first-order chi connectivity index (χ1) is 7.27. The lowest BCUT2D eigenvalue weighted by atomic mass is 10.3. The molecule has 84 valence electrons. The van der Waals surface area contributed by atoms with Crippen molar-refractivity contribution >= 4 is 17.3 Å². The maximum atomic E-state index is 5.35. The van der Waals surface area contributed by atoms with Crippen LogP contribution in [-0.4, -0.2) is 17.5 Å². The zero-order valence-corrected chi connectivity index (χ0v) is 9.84. The van der Waals surface area contributed by atoms with Gasteiger partial charge < -0.3 is 5.32 Å². The molecule has 4 N–H and O–H groups in total. The number of nitrogens with zero attached hydrogens (tertiary/aromatic N) is 2. The van der Waals surface area contributed by atoms with Gasteiger partial charge in [-0.3, -0.25) is 10.4 Å².